The molecule has 5 heterocycles. The molecule has 9 nitrogen and oxygen atoms in total. The number of piperidine rings is 1. The second kappa shape index (κ2) is 10.9. The summed E-state index contributed by atoms with van der Waals surface area (Å²) in [7, 11) is 1.84. The molecule has 5 atom stereocenters. The number of hydrogen-bond donors (Lipinski definition) is 3. The van der Waals surface area contributed by atoms with Gasteiger partial charge in [-0.3, -0.25) is 9.59 Å². The summed E-state index contributed by atoms with van der Waals surface area (Å²) in [6, 6.07) is 7.86. The van der Waals surface area contributed by atoms with E-state index < -0.39 is 23.9 Å². The number of benzene rings is 1. The monoisotopic (exact) mass is 603 g/mol. The summed E-state index contributed by atoms with van der Waals surface area (Å²) in [6.07, 6.45) is 4.15. The third kappa shape index (κ3) is 4.95. The molecule has 3 aliphatic rings. The van der Waals surface area contributed by atoms with Crippen molar-refractivity contribution in [3.8, 4) is 11.5 Å². The molecule has 1 saturated heterocycles. The highest BCUT2D eigenvalue weighted by Crippen LogP contribution is 2.55. The number of imidazole rings is 1. The average Bonchev–Trinajstić information content (AvgIpc) is 3.38. The van der Waals surface area contributed by atoms with Crippen LogP contribution in [0.4, 0.5) is 8.78 Å². The SMILES string of the molecule is C[C@H]1NC(=O)[C@@]2(C)C[C@@H]2CCCCCn2c(-c3nc4cc(C(=O)N[C@H]5CNCC[C@@H]5F)c(F)cc4n3C)cc3ccc1nc32. The Morgan fingerprint density at radius 2 is 1.98 bits per heavy atom. The van der Waals surface area contributed by atoms with Crippen molar-refractivity contribution >= 4 is 33.9 Å². The van der Waals surface area contributed by atoms with Crippen molar-refractivity contribution < 1.29 is 18.4 Å². The van der Waals surface area contributed by atoms with Gasteiger partial charge < -0.3 is 25.1 Å². The quantitative estimate of drug-likeness (QED) is 0.308. The number of aryl methyl sites for hydroxylation is 2. The van der Waals surface area contributed by atoms with Crippen LogP contribution in [-0.4, -0.2) is 56.2 Å². The van der Waals surface area contributed by atoms with Crippen LogP contribution in [0.25, 0.3) is 33.6 Å². The van der Waals surface area contributed by atoms with Crippen LogP contribution in [0.15, 0.2) is 30.3 Å². The molecule has 2 bridgehead atoms. The fourth-order valence-corrected chi connectivity index (χ4v) is 7.05. The van der Waals surface area contributed by atoms with E-state index in [0.29, 0.717) is 42.3 Å². The van der Waals surface area contributed by atoms with Crippen LogP contribution >= 0.6 is 0 Å². The third-order valence-corrected chi connectivity index (χ3v) is 10.1. The number of rotatable bonds is 3. The largest absolute Gasteiger partial charge is 0.348 e. The van der Waals surface area contributed by atoms with Gasteiger partial charge in [-0.05, 0) is 69.3 Å². The van der Waals surface area contributed by atoms with E-state index in [-0.39, 0.29) is 22.9 Å². The van der Waals surface area contributed by atoms with Gasteiger partial charge in [-0.1, -0.05) is 19.8 Å². The van der Waals surface area contributed by atoms with Gasteiger partial charge in [0, 0.05) is 37.0 Å². The lowest BCUT2D eigenvalue weighted by Gasteiger charge is -2.27. The molecular formula is C33H39F2N7O2. The van der Waals surface area contributed by atoms with Crippen molar-refractivity contribution in [2.24, 2.45) is 18.4 Å². The highest BCUT2D eigenvalue weighted by atomic mass is 19.1. The summed E-state index contributed by atoms with van der Waals surface area (Å²) < 4.78 is 33.7. The third-order valence-electron chi connectivity index (χ3n) is 10.1. The van der Waals surface area contributed by atoms with Gasteiger partial charge in [0.1, 0.15) is 17.6 Å². The fourth-order valence-electron chi connectivity index (χ4n) is 7.05. The van der Waals surface area contributed by atoms with Crippen molar-refractivity contribution in [1.29, 1.82) is 0 Å². The van der Waals surface area contributed by atoms with Crippen LogP contribution in [0.5, 0.6) is 0 Å². The van der Waals surface area contributed by atoms with Crippen LogP contribution < -0.4 is 16.0 Å². The van der Waals surface area contributed by atoms with Crippen LogP contribution in [0, 0.1) is 17.2 Å². The van der Waals surface area contributed by atoms with Crippen LogP contribution in [-0.2, 0) is 18.4 Å². The summed E-state index contributed by atoms with van der Waals surface area (Å²) in [4.78, 5) is 36.0. The Labute approximate surface area is 254 Å². The Morgan fingerprint density at radius 1 is 1.14 bits per heavy atom. The topological polar surface area (TPSA) is 106 Å². The first kappa shape index (κ1) is 28.9. The predicted octanol–water partition coefficient (Wildman–Crippen LogP) is 4.94. The lowest BCUT2D eigenvalue weighted by Crippen LogP contribution is -2.52. The molecule has 1 saturated carbocycles. The van der Waals surface area contributed by atoms with Gasteiger partial charge in [-0.15, -0.1) is 0 Å². The molecule has 0 radical (unpaired) electrons. The smallest absolute Gasteiger partial charge is 0.254 e. The summed E-state index contributed by atoms with van der Waals surface area (Å²) in [5, 5.41) is 9.87. The number of hydrogen-bond acceptors (Lipinski definition) is 5. The first-order valence-electron chi connectivity index (χ1n) is 15.8. The maximum Gasteiger partial charge on any atom is 0.254 e. The summed E-state index contributed by atoms with van der Waals surface area (Å²) in [5.74, 6) is -0.173. The molecule has 2 amide bonds. The van der Waals surface area contributed by atoms with E-state index in [1.165, 1.54) is 12.1 Å². The zero-order valence-electron chi connectivity index (χ0n) is 25.4. The lowest BCUT2D eigenvalue weighted by molar-refractivity contribution is -0.127. The number of nitrogens with one attached hydrogen (secondary N) is 3. The van der Waals surface area contributed by atoms with E-state index in [9.17, 15) is 14.0 Å². The number of halogens is 2. The van der Waals surface area contributed by atoms with E-state index >= 15 is 4.39 Å². The van der Waals surface area contributed by atoms with Crippen LogP contribution in [0.3, 0.4) is 0 Å². The number of amides is 2. The molecule has 0 unspecified atom stereocenters. The van der Waals surface area contributed by atoms with E-state index in [0.717, 1.165) is 61.1 Å². The predicted molar refractivity (Wildman–Crippen MR) is 164 cm³/mol. The molecule has 0 spiro atoms. The number of alkyl halides is 1. The standard InChI is InChI=1S/C33H39F2N7O2/c1-18-24-9-8-19-13-28(42(29(19)38-24)12-6-4-5-7-20-16-33(20,2)32(44)37-18)30-39-25-14-21(23(35)15-27(25)41(30)3)31(43)40-26-17-36-11-10-22(26)34/h8-9,13-15,18,20,22,26,36H,4-7,10-12,16-17H2,1-3H3,(H,37,44)(H,40,43)/t18-,20+,22+,26+,33+/m1/s1. The highest BCUT2D eigenvalue weighted by molar-refractivity contribution is 5.98. The Hall–Kier alpha value is -3.86. The molecule has 3 aromatic heterocycles. The molecule has 1 aromatic carbocycles. The second-order valence-electron chi connectivity index (χ2n) is 13.1. The van der Waals surface area contributed by atoms with Crippen molar-refractivity contribution in [3.05, 3.63) is 47.4 Å². The minimum atomic E-state index is -1.18. The molecule has 1 aliphatic carbocycles. The summed E-state index contributed by atoms with van der Waals surface area (Å²) in [5.41, 5.74) is 3.04. The number of nitrogens with zero attached hydrogens (tertiary/aromatic N) is 4. The van der Waals surface area contributed by atoms with Crippen molar-refractivity contribution in [2.75, 3.05) is 13.1 Å². The minimum absolute atomic E-state index is 0.102. The zero-order valence-corrected chi connectivity index (χ0v) is 25.4. The van der Waals surface area contributed by atoms with E-state index in [2.05, 4.69) is 27.4 Å². The van der Waals surface area contributed by atoms with E-state index in [1.807, 2.05) is 36.7 Å². The number of carbonyl (C=O) groups is 2. The molecule has 2 fully saturated rings. The van der Waals surface area contributed by atoms with Gasteiger partial charge in [-0.2, -0.15) is 0 Å². The van der Waals surface area contributed by atoms with Crippen molar-refractivity contribution in [2.45, 2.75) is 77.2 Å². The Balaban J connectivity index is 1.25. The van der Waals surface area contributed by atoms with E-state index in [4.69, 9.17) is 9.97 Å². The first-order chi connectivity index (χ1) is 21.1. The van der Waals surface area contributed by atoms with Crippen LogP contribution in [0.2, 0.25) is 0 Å². The Bertz CT molecular complexity index is 1780. The normalized spacial score (nSPS) is 27.6. The van der Waals surface area contributed by atoms with Gasteiger partial charge in [0.2, 0.25) is 5.91 Å². The average molecular weight is 604 g/mol. The molecule has 2 aliphatic heterocycles. The molecule has 7 rings (SSSR count). The minimum Gasteiger partial charge on any atom is -0.348 e. The van der Waals surface area contributed by atoms with Crippen molar-refractivity contribution in [3.63, 3.8) is 0 Å². The van der Waals surface area contributed by atoms with Gasteiger partial charge in [-0.25, -0.2) is 18.7 Å². The molecule has 44 heavy (non-hydrogen) atoms. The van der Waals surface area contributed by atoms with Gasteiger partial charge >= 0.3 is 0 Å². The molecule has 4 aromatic rings. The summed E-state index contributed by atoms with van der Waals surface area (Å²) >= 11 is 0. The van der Waals surface area contributed by atoms with Gasteiger partial charge in [0.25, 0.3) is 5.91 Å². The second-order valence-corrected chi connectivity index (χ2v) is 13.1. The fraction of sp³-hybridized carbons (Fsp3) is 0.515. The van der Waals surface area contributed by atoms with Crippen LogP contribution in [0.1, 0.15) is 74.5 Å². The molecule has 11 heteroatoms. The van der Waals surface area contributed by atoms with E-state index in [1.54, 1.807) is 0 Å². The molecule has 232 valence electrons. The maximum absolute atomic E-state index is 15.3. The lowest BCUT2D eigenvalue weighted by atomic mass is 10.0. The van der Waals surface area contributed by atoms with Crippen molar-refractivity contribution in [1.82, 2.24) is 35.1 Å². The molecule has 3 N–H and O–H groups in total. The number of aromatic nitrogens is 4. The Morgan fingerprint density at radius 3 is 2.80 bits per heavy atom. The summed E-state index contributed by atoms with van der Waals surface area (Å²) in [6.45, 7) is 5.64. The maximum atomic E-state index is 15.3. The number of carbonyl (C=O) groups excluding carboxylic acids is 2. The first-order valence-corrected chi connectivity index (χ1v) is 15.8. The highest BCUT2D eigenvalue weighted by Gasteiger charge is 2.55. The Kier molecular flexibility index (Phi) is 7.18. The zero-order chi connectivity index (χ0) is 30.7. The number of fused-ring (bicyclic) bond motifs is 3. The molecular weight excluding hydrogens is 564 g/mol. The number of pyridine rings is 1. The van der Waals surface area contributed by atoms with Gasteiger partial charge in [0.05, 0.1) is 40.1 Å². The van der Waals surface area contributed by atoms with Gasteiger partial charge in [0.15, 0.2) is 5.82 Å².